The number of hydrogen-bond acceptors (Lipinski definition) is 8. The number of carbonyl (C=O) groups is 2. The molecule has 28 heavy (non-hydrogen) atoms. The first-order chi connectivity index (χ1) is 13.2. The molecule has 0 fully saturated rings. The van der Waals surface area contributed by atoms with Crippen molar-refractivity contribution >= 4 is 11.9 Å². The van der Waals surface area contributed by atoms with Gasteiger partial charge in [0.2, 0.25) is 11.5 Å². The average molecular weight is 392 g/mol. The van der Waals surface area contributed by atoms with E-state index >= 15 is 0 Å². The summed E-state index contributed by atoms with van der Waals surface area (Å²) in [7, 11) is 0. The SMILES string of the molecule is NC(Cc1ccc(OOc2cc(CC(N)C(=O)O)ccc2O)c(O)c1)C(=O)O. The van der Waals surface area contributed by atoms with Gasteiger partial charge in [-0.15, -0.1) is 0 Å². The molecule has 2 aromatic rings. The molecule has 0 aliphatic heterocycles. The molecule has 2 rings (SSSR count). The molecule has 0 radical (unpaired) electrons. The fourth-order valence-electron chi connectivity index (χ4n) is 2.28. The van der Waals surface area contributed by atoms with Gasteiger partial charge in [0.15, 0.2) is 11.5 Å². The van der Waals surface area contributed by atoms with Crippen molar-refractivity contribution in [2.75, 3.05) is 0 Å². The quantitative estimate of drug-likeness (QED) is 0.257. The highest BCUT2D eigenvalue weighted by atomic mass is 17.2. The molecule has 0 heterocycles. The van der Waals surface area contributed by atoms with Gasteiger partial charge in [0.1, 0.15) is 12.1 Å². The molecule has 0 spiro atoms. The molecule has 8 N–H and O–H groups in total. The summed E-state index contributed by atoms with van der Waals surface area (Å²) < 4.78 is 0. The highest BCUT2D eigenvalue weighted by Gasteiger charge is 2.16. The maximum atomic E-state index is 10.8. The molecule has 2 aromatic carbocycles. The topological polar surface area (TPSA) is 186 Å². The van der Waals surface area contributed by atoms with Crippen LogP contribution in [0.1, 0.15) is 11.1 Å². The molecular weight excluding hydrogens is 372 g/mol. The van der Waals surface area contributed by atoms with Crippen molar-refractivity contribution in [2.45, 2.75) is 24.9 Å². The molecule has 10 heteroatoms. The van der Waals surface area contributed by atoms with Crippen LogP contribution in [-0.4, -0.2) is 44.4 Å². The van der Waals surface area contributed by atoms with E-state index in [4.69, 9.17) is 31.5 Å². The van der Waals surface area contributed by atoms with Crippen LogP contribution in [0, 0.1) is 0 Å². The predicted molar refractivity (Wildman–Crippen MR) is 96.1 cm³/mol. The molecule has 0 saturated carbocycles. The number of carboxylic acid groups (broad SMARTS) is 2. The van der Waals surface area contributed by atoms with E-state index in [0.29, 0.717) is 11.1 Å². The first-order valence-electron chi connectivity index (χ1n) is 8.12. The summed E-state index contributed by atoms with van der Waals surface area (Å²) in [6, 6.07) is 6.04. The van der Waals surface area contributed by atoms with Gasteiger partial charge in [0, 0.05) is 0 Å². The highest BCUT2D eigenvalue weighted by Crippen LogP contribution is 2.31. The predicted octanol–water partition coefficient (Wildman–Crippen LogP) is 0.379. The van der Waals surface area contributed by atoms with E-state index in [2.05, 4.69) is 0 Å². The Hall–Kier alpha value is -3.50. The van der Waals surface area contributed by atoms with Crippen molar-refractivity contribution in [3.63, 3.8) is 0 Å². The summed E-state index contributed by atoms with van der Waals surface area (Å²) in [6.07, 6.45) is 0.0203. The van der Waals surface area contributed by atoms with Crippen LogP contribution in [0.5, 0.6) is 23.0 Å². The number of phenolic OH excluding ortho intramolecular Hbond substituents is 2. The number of hydrogen-bond donors (Lipinski definition) is 6. The number of phenols is 2. The maximum Gasteiger partial charge on any atom is 0.320 e. The van der Waals surface area contributed by atoms with E-state index in [-0.39, 0.29) is 35.8 Å². The van der Waals surface area contributed by atoms with Gasteiger partial charge in [-0.25, -0.2) is 0 Å². The Bertz CT molecular complexity index is 871. The van der Waals surface area contributed by atoms with Crippen molar-refractivity contribution in [3.05, 3.63) is 47.5 Å². The lowest BCUT2D eigenvalue weighted by Gasteiger charge is -2.12. The monoisotopic (exact) mass is 392 g/mol. The number of aliphatic carboxylic acids is 2. The van der Waals surface area contributed by atoms with E-state index in [1.54, 1.807) is 0 Å². The number of rotatable bonds is 9. The normalized spacial score (nSPS) is 12.8. The summed E-state index contributed by atoms with van der Waals surface area (Å²) in [5.41, 5.74) is 11.9. The summed E-state index contributed by atoms with van der Waals surface area (Å²) in [6.45, 7) is 0. The van der Waals surface area contributed by atoms with Crippen LogP contribution < -0.4 is 21.2 Å². The third-order valence-electron chi connectivity index (χ3n) is 3.81. The van der Waals surface area contributed by atoms with E-state index in [0.717, 1.165) is 0 Å². The number of nitrogens with two attached hydrogens (primary N) is 2. The fourth-order valence-corrected chi connectivity index (χ4v) is 2.28. The molecule has 2 atom stereocenters. The number of aromatic hydroxyl groups is 2. The Morgan fingerprint density at radius 3 is 1.82 bits per heavy atom. The lowest BCUT2D eigenvalue weighted by Crippen LogP contribution is -2.32. The van der Waals surface area contributed by atoms with Crippen LogP contribution in [-0.2, 0) is 22.4 Å². The zero-order chi connectivity index (χ0) is 20.8. The van der Waals surface area contributed by atoms with Crippen LogP contribution in [0.3, 0.4) is 0 Å². The van der Waals surface area contributed by atoms with Gasteiger partial charge in [-0.2, -0.15) is 0 Å². The molecule has 0 saturated heterocycles. The van der Waals surface area contributed by atoms with Crippen LogP contribution in [0.2, 0.25) is 0 Å². The first-order valence-corrected chi connectivity index (χ1v) is 8.12. The van der Waals surface area contributed by atoms with Crippen molar-refractivity contribution in [3.8, 4) is 23.0 Å². The summed E-state index contributed by atoms with van der Waals surface area (Å²) in [5.74, 6) is -3.11. The van der Waals surface area contributed by atoms with Gasteiger partial charge in [0.05, 0.1) is 0 Å². The molecular formula is C18H20N2O8. The molecule has 0 aliphatic carbocycles. The zero-order valence-electron chi connectivity index (χ0n) is 14.6. The lowest BCUT2D eigenvalue weighted by atomic mass is 10.1. The smallest absolute Gasteiger partial charge is 0.320 e. The zero-order valence-corrected chi connectivity index (χ0v) is 14.6. The minimum atomic E-state index is -1.17. The second kappa shape index (κ2) is 8.93. The van der Waals surface area contributed by atoms with Gasteiger partial charge in [0.25, 0.3) is 0 Å². The molecule has 10 nitrogen and oxygen atoms in total. The third kappa shape index (κ3) is 5.50. The first kappa shape index (κ1) is 20.8. The van der Waals surface area contributed by atoms with Crippen LogP contribution in [0.4, 0.5) is 0 Å². The van der Waals surface area contributed by atoms with Crippen LogP contribution >= 0.6 is 0 Å². The molecule has 0 bridgehead atoms. The Labute approximate surface area is 159 Å². The number of carboxylic acids is 2. The van der Waals surface area contributed by atoms with Gasteiger partial charge in [-0.3, -0.25) is 19.4 Å². The largest absolute Gasteiger partial charge is 0.504 e. The molecule has 0 aromatic heterocycles. The van der Waals surface area contributed by atoms with E-state index in [1.165, 1.54) is 36.4 Å². The van der Waals surface area contributed by atoms with Gasteiger partial charge in [-0.05, 0) is 48.2 Å². The van der Waals surface area contributed by atoms with Crippen molar-refractivity contribution in [2.24, 2.45) is 11.5 Å². The van der Waals surface area contributed by atoms with Crippen molar-refractivity contribution < 1.29 is 39.8 Å². The van der Waals surface area contributed by atoms with Crippen LogP contribution in [0.15, 0.2) is 36.4 Å². The van der Waals surface area contributed by atoms with Gasteiger partial charge in [-0.1, -0.05) is 12.1 Å². The highest BCUT2D eigenvalue weighted by molar-refractivity contribution is 5.74. The summed E-state index contributed by atoms with van der Waals surface area (Å²) >= 11 is 0. The summed E-state index contributed by atoms with van der Waals surface area (Å²) in [4.78, 5) is 31.7. The Morgan fingerprint density at radius 1 is 0.786 bits per heavy atom. The van der Waals surface area contributed by atoms with Crippen LogP contribution in [0.25, 0.3) is 0 Å². The van der Waals surface area contributed by atoms with Gasteiger partial charge >= 0.3 is 11.9 Å². The molecule has 150 valence electrons. The van der Waals surface area contributed by atoms with E-state index in [1.807, 2.05) is 0 Å². The van der Waals surface area contributed by atoms with Crippen molar-refractivity contribution in [1.29, 1.82) is 0 Å². The standard InChI is InChI=1S/C18H20N2O8/c19-11(17(23)24)5-9-2-4-15(14(22)7-9)27-28-16-8-10(1-3-13(16)21)6-12(20)18(25)26/h1-4,7-8,11-12,21-22H,5-6,19-20H2,(H,23,24)(H,25,26). The summed E-state index contributed by atoms with van der Waals surface area (Å²) in [5, 5.41) is 37.5. The molecule has 2 unspecified atom stereocenters. The average Bonchev–Trinajstić information content (AvgIpc) is 2.63. The second-order valence-electron chi connectivity index (χ2n) is 6.07. The van der Waals surface area contributed by atoms with E-state index < -0.39 is 24.0 Å². The third-order valence-corrected chi connectivity index (χ3v) is 3.81. The van der Waals surface area contributed by atoms with E-state index in [9.17, 15) is 19.8 Å². The maximum absolute atomic E-state index is 10.8. The fraction of sp³-hybridized carbons (Fsp3) is 0.222. The molecule has 0 amide bonds. The van der Waals surface area contributed by atoms with Gasteiger partial charge < -0.3 is 31.9 Å². The molecule has 0 aliphatic rings. The van der Waals surface area contributed by atoms with Crippen molar-refractivity contribution in [1.82, 2.24) is 0 Å². The number of benzene rings is 2. The Morgan fingerprint density at radius 2 is 1.29 bits per heavy atom. The second-order valence-corrected chi connectivity index (χ2v) is 6.07. The Kier molecular flexibility index (Phi) is 6.64. The minimum Gasteiger partial charge on any atom is -0.504 e. The Balaban J connectivity index is 2.07. The minimum absolute atomic E-state index is 0.00968. The lowest BCUT2D eigenvalue weighted by molar-refractivity contribution is -0.139.